The van der Waals surface area contributed by atoms with Crippen molar-refractivity contribution in [2.24, 2.45) is 0 Å². The Kier molecular flexibility index (Phi) is 6.01. The van der Waals surface area contributed by atoms with E-state index in [9.17, 15) is 4.79 Å². The largest absolute Gasteiger partial charge is 0.376 e. The average molecular weight is 321 g/mol. The van der Waals surface area contributed by atoms with Crippen molar-refractivity contribution < 1.29 is 9.53 Å². The van der Waals surface area contributed by atoms with Gasteiger partial charge >= 0.3 is 0 Å². The molecular formula is C16H27N5O2. The summed E-state index contributed by atoms with van der Waals surface area (Å²) in [7, 11) is 0. The van der Waals surface area contributed by atoms with Crippen molar-refractivity contribution in [1.82, 2.24) is 24.7 Å². The van der Waals surface area contributed by atoms with Gasteiger partial charge in [0, 0.05) is 64.8 Å². The SMILES string of the molecule is O=C(CN1CCN(CCn2ccnc2)CC1)NCC1CCCO1. The van der Waals surface area contributed by atoms with Crippen LogP contribution in [0.5, 0.6) is 0 Å². The number of amides is 1. The van der Waals surface area contributed by atoms with Crippen molar-refractivity contribution in [2.45, 2.75) is 25.5 Å². The monoisotopic (exact) mass is 321 g/mol. The highest BCUT2D eigenvalue weighted by Gasteiger charge is 2.20. The van der Waals surface area contributed by atoms with Crippen LogP contribution in [-0.2, 0) is 16.1 Å². The number of imidazole rings is 1. The lowest BCUT2D eigenvalue weighted by molar-refractivity contribution is -0.123. The first-order valence-electron chi connectivity index (χ1n) is 8.58. The predicted octanol–water partition coefficient (Wildman–Crippen LogP) is -0.204. The Bertz CT molecular complexity index is 465. The fraction of sp³-hybridized carbons (Fsp3) is 0.750. The third-order valence-electron chi connectivity index (χ3n) is 4.62. The minimum atomic E-state index is 0.118. The number of carbonyl (C=O) groups excluding carboxylic acids is 1. The van der Waals surface area contributed by atoms with Crippen LogP contribution < -0.4 is 5.32 Å². The van der Waals surface area contributed by atoms with Crippen molar-refractivity contribution in [2.75, 3.05) is 52.4 Å². The van der Waals surface area contributed by atoms with Crippen LogP contribution in [0.15, 0.2) is 18.7 Å². The van der Waals surface area contributed by atoms with Crippen LogP contribution in [0.1, 0.15) is 12.8 Å². The second kappa shape index (κ2) is 8.42. The summed E-state index contributed by atoms with van der Waals surface area (Å²) < 4.78 is 7.63. The Morgan fingerprint density at radius 2 is 2.04 bits per heavy atom. The van der Waals surface area contributed by atoms with Gasteiger partial charge in [0.2, 0.25) is 5.91 Å². The van der Waals surface area contributed by atoms with Gasteiger partial charge in [0.05, 0.1) is 19.0 Å². The molecule has 2 saturated heterocycles. The summed E-state index contributed by atoms with van der Waals surface area (Å²) in [6.45, 7) is 7.96. The van der Waals surface area contributed by atoms with Crippen LogP contribution in [-0.4, -0.2) is 83.8 Å². The molecule has 128 valence electrons. The maximum atomic E-state index is 12.0. The van der Waals surface area contributed by atoms with Crippen molar-refractivity contribution in [3.05, 3.63) is 18.7 Å². The molecule has 0 aromatic carbocycles. The molecule has 1 aromatic heterocycles. The molecular weight excluding hydrogens is 294 g/mol. The minimum Gasteiger partial charge on any atom is -0.376 e. The highest BCUT2D eigenvalue weighted by atomic mass is 16.5. The molecule has 0 saturated carbocycles. The first kappa shape index (κ1) is 16.4. The number of hydrogen-bond acceptors (Lipinski definition) is 5. The van der Waals surface area contributed by atoms with Gasteiger partial charge in [-0.15, -0.1) is 0 Å². The van der Waals surface area contributed by atoms with E-state index in [2.05, 4.69) is 24.7 Å². The van der Waals surface area contributed by atoms with E-state index in [4.69, 9.17) is 4.74 Å². The molecule has 2 aliphatic rings. The van der Waals surface area contributed by atoms with E-state index >= 15 is 0 Å². The Morgan fingerprint density at radius 3 is 2.74 bits per heavy atom. The Morgan fingerprint density at radius 1 is 1.22 bits per heavy atom. The molecule has 1 unspecified atom stereocenters. The number of piperazine rings is 1. The molecule has 3 heterocycles. The van der Waals surface area contributed by atoms with Gasteiger partial charge in [-0.25, -0.2) is 4.98 Å². The average Bonchev–Trinajstić information content (AvgIpc) is 3.26. The number of nitrogens with one attached hydrogen (secondary N) is 1. The van der Waals surface area contributed by atoms with Gasteiger partial charge in [0.25, 0.3) is 0 Å². The van der Waals surface area contributed by atoms with Crippen molar-refractivity contribution >= 4 is 5.91 Å². The maximum absolute atomic E-state index is 12.0. The number of aromatic nitrogens is 2. The highest BCUT2D eigenvalue weighted by Crippen LogP contribution is 2.10. The van der Waals surface area contributed by atoms with Gasteiger partial charge in [0.1, 0.15) is 0 Å². The van der Waals surface area contributed by atoms with E-state index in [0.717, 1.165) is 58.7 Å². The Balaban J connectivity index is 1.28. The molecule has 1 aromatic rings. The van der Waals surface area contributed by atoms with Crippen LogP contribution in [0.25, 0.3) is 0 Å². The first-order chi connectivity index (χ1) is 11.3. The lowest BCUT2D eigenvalue weighted by atomic mass is 10.2. The Labute approximate surface area is 137 Å². The zero-order valence-corrected chi connectivity index (χ0v) is 13.7. The van der Waals surface area contributed by atoms with Crippen molar-refractivity contribution in [3.8, 4) is 0 Å². The standard InChI is InChI=1S/C16H27N5O2/c22-16(18-12-15-2-1-11-23-15)13-20-8-5-19(6-9-20)7-10-21-4-3-17-14-21/h3-4,14-15H,1-2,5-13H2,(H,18,22). The predicted molar refractivity (Wildman–Crippen MR) is 87.1 cm³/mol. The van der Waals surface area contributed by atoms with Gasteiger partial charge in [-0.1, -0.05) is 0 Å². The number of hydrogen-bond donors (Lipinski definition) is 1. The number of nitrogens with zero attached hydrogens (tertiary/aromatic N) is 4. The van der Waals surface area contributed by atoms with E-state index < -0.39 is 0 Å². The summed E-state index contributed by atoms with van der Waals surface area (Å²) in [5.74, 6) is 0.118. The molecule has 23 heavy (non-hydrogen) atoms. The van der Waals surface area contributed by atoms with Crippen molar-refractivity contribution in [1.29, 1.82) is 0 Å². The second-order valence-corrected chi connectivity index (χ2v) is 6.36. The maximum Gasteiger partial charge on any atom is 0.234 e. The molecule has 0 spiro atoms. The fourth-order valence-electron chi connectivity index (χ4n) is 3.14. The first-order valence-corrected chi connectivity index (χ1v) is 8.58. The summed E-state index contributed by atoms with van der Waals surface area (Å²) in [6, 6.07) is 0. The lowest BCUT2D eigenvalue weighted by Crippen LogP contribution is -2.50. The quantitative estimate of drug-likeness (QED) is 0.753. The summed E-state index contributed by atoms with van der Waals surface area (Å²) in [6.07, 6.45) is 8.06. The molecule has 3 rings (SSSR count). The second-order valence-electron chi connectivity index (χ2n) is 6.36. The molecule has 1 atom stereocenters. The van der Waals surface area contributed by atoms with Gasteiger partial charge in [-0.05, 0) is 12.8 Å². The molecule has 1 amide bonds. The van der Waals surface area contributed by atoms with E-state index in [-0.39, 0.29) is 12.0 Å². The molecule has 2 fully saturated rings. The van der Waals surface area contributed by atoms with Crippen LogP contribution >= 0.6 is 0 Å². The number of carbonyl (C=O) groups is 1. The third-order valence-corrected chi connectivity index (χ3v) is 4.62. The highest BCUT2D eigenvalue weighted by molar-refractivity contribution is 5.78. The van der Waals surface area contributed by atoms with E-state index in [0.29, 0.717) is 13.1 Å². The van der Waals surface area contributed by atoms with E-state index in [1.165, 1.54) is 0 Å². The van der Waals surface area contributed by atoms with Gasteiger partial charge in [-0.2, -0.15) is 0 Å². The zero-order chi connectivity index (χ0) is 15.9. The van der Waals surface area contributed by atoms with Crippen LogP contribution in [0, 0.1) is 0 Å². The molecule has 1 N–H and O–H groups in total. The van der Waals surface area contributed by atoms with E-state index in [1.807, 2.05) is 18.7 Å². The zero-order valence-electron chi connectivity index (χ0n) is 13.7. The van der Waals surface area contributed by atoms with Crippen LogP contribution in [0.4, 0.5) is 0 Å². The van der Waals surface area contributed by atoms with E-state index in [1.54, 1.807) is 0 Å². The Hall–Kier alpha value is -1.44. The molecule has 0 aliphatic carbocycles. The summed E-state index contributed by atoms with van der Waals surface area (Å²) >= 11 is 0. The summed E-state index contributed by atoms with van der Waals surface area (Å²) in [5, 5.41) is 3.00. The van der Waals surface area contributed by atoms with Gasteiger partial charge < -0.3 is 14.6 Å². The fourth-order valence-corrected chi connectivity index (χ4v) is 3.14. The van der Waals surface area contributed by atoms with Crippen LogP contribution in [0.2, 0.25) is 0 Å². The molecule has 2 aliphatic heterocycles. The molecule has 7 nitrogen and oxygen atoms in total. The molecule has 0 radical (unpaired) electrons. The van der Waals surface area contributed by atoms with Gasteiger partial charge in [0.15, 0.2) is 0 Å². The van der Waals surface area contributed by atoms with Crippen LogP contribution in [0.3, 0.4) is 0 Å². The summed E-state index contributed by atoms with van der Waals surface area (Å²) in [4.78, 5) is 20.7. The summed E-state index contributed by atoms with van der Waals surface area (Å²) in [5.41, 5.74) is 0. The van der Waals surface area contributed by atoms with Gasteiger partial charge in [-0.3, -0.25) is 14.6 Å². The minimum absolute atomic E-state index is 0.118. The number of rotatable bonds is 7. The van der Waals surface area contributed by atoms with Crippen molar-refractivity contribution in [3.63, 3.8) is 0 Å². The third kappa shape index (κ3) is 5.30. The normalized spacial score (nSPS) is 23.2. The lowest BCUT2D eigenvalue weighted by Gasteiger charge is -2.34. The molecule has 7 heteroatoms. The number of ether oxygens (including phenoxy) is 1. The molecule has 0 bridgehead atoms. The topological polar surface area (TPSA) is 62.6 Å². The smallest absolute Gasteiger partial charge is 0.234 e.